The van der Waals surface area contributed by atoms with Gasteiger partial charge in [0.2, 0.25) is 0 Å². The van der Waals surface area contributed by atoms with Gasteiger partial charge in [-0.25, -0.2) is 0 Å². The van der Waals surface area contributed by atoms with Gasteiger partial charge >= 0.3 is 0 Å². The summed E-state index contributed by atoms with van der Waals surface area (Å²) in [5.74, 6) is 0.592. The molecule has 0 aliphatic heterocycles. The first-order chi connectivity index (χ1) is 9.22. The highest BCUT2D eigenvalue weighted by molar-refractivity contribution is 9.09. The monoisotopic (exact) mass is 328 g/mol. The van der Waals surface area contributed by atoms with E-state index in [1.807, 2.05) is 19.1 Å². The van der Waals surface area contributed by atoms with Gasteiger partial charge in [-0.1, -0.05) is 22.9 Å². The minimum absolute atomic E-state index is 0.251. The van der Waals surface area contributed by atoms with Gasteiger partial charge < -0.3 is 9.84 Å². The van der Waals surface area contributed by atoms with Crippen molar-refractivity contribution in [1.29, 1.82) is 0 Å². The van der Waals surface area contributed by atoms with Crippen molar-refractivity contribution >= 4 is 21.7 Å². The van der Waals surface area contributed by atoms with Crippen LogP contribution in [0.1, 0.15) is 42.1 Å². The number of carbonyl (C=O) groups excluding carboxylic acids is 1. The molecule has 0 fully saturated rings. The Labute approximate surface area is 123 Å². The fourth-order valence-corrected chi connectivity index (χ4v) is 2.21. The van der Waals surface area contributed by atoms with E-state index >= 15 is 0 Å². The number of carbonyl (C=O) groups is 1. The van der Waals surface area contributed by atoms with Gasteiger partial charge in [0.05, 0.1) is 6.61 Å². The van der Waals surface area contributed by atoms with Crippen LogP contribution >= 0.6 is 15.9 Å². The lowest BCUT2D eigenvalue weighted by atomic mass is 10.0. The number of hydrogen-bond donors (Lipinski definition) is 1. The van der Waals surface area contributed by atoms with E-state index in [1.54, 1.807) is 6.07 Å². The van der Waals surface area contributed by atoms with Crippen LogP contribution < -0.4 is 4.74 Å². The quantitative estimate of drug-likeness (QED) is 0.429. The second-order valence-corrected chi connectivity index (χ2v) is 5.15. The number of alkyl halides is 1. The Balaban J connectivity index is 2.60. The van der Waals surface area contributed by atoms with E-state index in [0.717, 1.165) is 42.3 Å². The highest BCUT2D eigenvalue weighted by Crippen LogP contribution is 2.21. The molecule has 1 aromatic carbocycles. The van der Waals surface area contributed by atoms with Crippen LogP contribution in [-0.4, -0.2) is 29.4 Å². The lowest BCUT2D eigenvalue weighted by molar-refractivity contribution is 0.0903. The third-order valence-electron chi connectivity index (χ3n) is 2.94. The van der Waals surface area contributed by atoms with Crippen LogP contribution in [0.15, 0.2) is 18.2 Å². The maximum absolute atomic E-state index is 11.4. The molecule has 0 aliphatic carbocycles. The summed E-state index contributed by atoms with van der Waals surface area (Å²) in [7, 11) is 0. The Morgan fingerprint density at radius 1 is 1.32 bits per heavy atom. The third kappa shape index (κ3) is 5.33. The maximum atomic E-state index is 11.4. The molecule has 0 heterocycles. The standard InChI is InChI=1S/C15H21BrO3/c1-2-12-10-13(14(18)11-17)6-7-15(12)19-9-5-3-4-8-16/h6-7,10,17H,2-5,8-9,11H2,1H3. The summed E-state index contributed by atoms with van der Waals surface area (Å²) in [6.07, 6.45) is 4.15. The van der Waals surface area contributed by atoms with Crippen molar-refractivity contribution in [3.63, 3.8) is 0 Å². The predicted octanol–water partition coefficient (Wildman–Crippen LogP) is 3.37. The molecule has 4 heteroatoms. The number of Topliss-reactive ketones (excluding diaryl/α,β-unsaturated/α-hetero) is 1. The minimum Gasteiger partial charge on any atom is -0.493 e. The Bertz CT molecular complexity index is 404. The molecule has 0 saturated carbocycles. The molecule has 1 rings (SSSR count). The summed E-state index contributed by atoms with van der Waals surface area (Å²) in [6.45, 7) is 2.28. The fraction of sp³-hybridized carbons (Fsp3) is 0.533. The summed E-state index contributed by atoms with van der Waals surface area (Å²) < 4.78 is 5.75. The molecule has 0 aromatic heterocycles. The van der Waals surface area contributed by atoms with Crippen molar-refractivity contribution in [2.45, 2.75) is 32.6 Å². The van der Waals surface area contributed by atoms with E-state index in [2.05, 4.69) is 15.9 Å². The van der Waals surface area contributed by atoms with E-state index < -0.39 is 6.61 Å². The second kappa shape index (κ2) is 9.10. The number of aliphatic hydroxyl groups excluding tert-OH is 1. The fourth-order valence-electron chi connectivity index (χ4n) is 1.82. The van der Waals surface area contributed by atoms with Crippen LogP contribution in [0.5, 0.6) is 5.75 Å². The van der Waals surface area contributed by atoms with Crippen LogP contribution in [0, 0.1) is 0 Å². The predicted molar refractivity (Wildman–Crippen MR) is 80.4 cm³/mol. The van der Waals surface area contributed by atoms with Crippen LogP contribution in [0.2, 0.25) is 0 Å². The van der Waals surface area contributed by atoms with Crippen LogP contribution in [-0.2, 0) is 6.42 Å². The van der Waals surface area contributed by atoms with Crippen molar-refractivity contribution < 1.29 is 14.6 Å². The van der Waals surface area contributed by atoms with Gasteiger partial charge in [0.15, 0.2) is 5.78 Å². The van der Waals surface area contributed by atoms with Gasteiger partial charge in [-0.2, -0.15) is 0 Å². The number of ether oxygens (including phenoxy) is 1. The number of ketones is 1. The molecule has 0 atom stereocenters. The van der Waals surface area contributed by atoms with Crippen LogP contribution in [0.3, 0.4) is 0 Å². The number of halogens is 1. The van der Waals surface area contributed by atoms with E-state index in [1.165, 1.54) is 0 Å². The Morgan fingerprint density at radius 2 is 2.11 bits per heavy atom. The van der Waals surface area contributed by atoms with E-state index in [9.17, 15) is 4.79 Å². The highest BCUT2D eigenvalue weighted by Gasteiger charge is 2.08. The number of rotatable bonds is 9. The number of aryl methyl sites for hydroxylation is 1. The molecule has 0 radical (unpaired) electrons. The van der Waals surface area contributed by atoms with Gasteiger partial charge in [0.1, 0.15) is 12.4 Å². The lowest BCUT2D eigenvalue weighted by Gasteiger charge is -2.11. The van der Waals surface area contributed by atoms with Crippen molar-refractivity contribution in [1.82, 2.24) is 0 Å². The van der Waals surface area contributed by atoms with Crippen molar-refractivity contribution in [2.75, 3.05) is 18.5 Å². The molecule has 0 aliphatic rings. The van der Waals surface area contributed by atoms with Crippen molar-refractivity contribution in [2.24, 2.45) is 0 Å². The molecule has 19 heavy (non-hydrogen) atoms. The van der Waals surface area contributed by atoms with Gasteiger partial charge in [-0.3, -0.25) is 4.79 Å². The van der Waals surface area contributed by atoms with E-state index in [4.69, 9.17) is 9.84 Å². The SMILES string of the molecule is CCc1cc(C(=O)CO)ccc1OCCCCCBr. The maximum Gasteiger partial charge on any atom is 0.188 e. The van der Waals surface area contributed by atoms with Crippen molar-refractivity contribution in [3.05, 3.63) is 29.3 Å². The topological polar surface area (TPSA) is 46.5 Å². The van der Waals surface area contributed by atoms with Gasteiger partial charge in [-0.15, -0.1) is 0 Å². The third-order valence-corrected chi connectivity index (χ3v) is 3.50. The summed E-state index contributed by atoms with van der Waals surface area (Å²) in [5, 5.41) is 9.89. The molecule has 1 N–H and O–H groups in total. The smallest absolute Gasteiger partial charge is 0.188 e. The largest absolute Gasteiger partial charge is 0.493 e. The molecule has 1 aromatic rings. The minimum atomic E-state index is -0.449. The first-order valence-electron chi connectivity index (χ1n) is 6.68. The molecule has 0 bridgehead atoms. The molecule has 0 amide bonds. The van der Waals surface area contributed by atoms with Crippen molar-refractivity contribution in [3.8, 4) is 5.75 Å². The second-order valence-electron chi connectivity index (χ2n) is 4.36. The van der Waals surface area contributed by atoms with Gasteiger partial charge in [-0.05, 0) is 49.4 Å². The molecule has 0 spiro atoms. The molecular weight excluding hydrogens is 308 g/mol. The number of unbranched alkanes of at least 4 members (excludes halogenated alkanes) is 2. The zero-order valence-corrected chi connectivity index (χ0v) is 12.9. The molecule has 0 unspecified atom stereocenters. The Kier molecular flexibility index (Phi) is 7.75. The summed E-state index contributed by atoms with van der Waals surface area (Å²) >= 11 is 3.40. The molecule has 0 saturated heterocycles. The number of aliphatic hydroxyl groups is 1. The summed E-state index contributed by atoms with van der Waals surface area (Å²) in [5.41, 5.74) is 1.56. The average molecular weight is 329 g/mol. The molecule has 3 nitrogen and oxygen atoms in total. The summed E-state index contributed by atoms with van der Waals surface area (Å²) in [4.78, 5) is 11.4. The summed E-state index contributed by atoms with van der Waals surface area (Å²) in [6, 6.07) is 5.35. The first-order valence-corrected chi connectivity index (χ1v) is 7.80. The number of benzene rings is 1. The van der Waals surface area contributed by atoms with Crippen LogP contribution in [0.25, 0.3) is 0 Å². The van der Waals surface area contributed by atoms with Gasteiger partial charge in [0, 0.05) is 10.9 Å². The van der Waals surface area contributed by atoms with E-state index in [-0.39, 0.29) is 5.78 Å². The Morgan fingerprint density at radius 3 is 2.74 bits per heavy atom. The highest BCUT2D eigenvalue weighted by atomic mass is 79.9. The zero-order valence-electron chi connectivity index (χ0n) is 11.3. The first kappa shape index (κ1) is 16.2. The molecular formula is C15H21BrO3. The Hall–Kier alpha value is -0.870. The average Bonchev–Trinajstić information content (AvgIpc) is 2.46. The van der Waals surface area contributed by atoms with E-state index in [0.29, 0.717) is 12.2 Å². The zero-order chi connectivity index (χ0) is 14.1. The normalized spacial score (nSPS) is 10.5. The van der Waals surface area contributed by atoms with Crippen LogP contribution in [0.4, 0.5) is 0 Å². The molecule has 106 valence electrons. The van der Waals surface area contributed by atoms with Gasteiger partial charge in [0.25, 0.3) is 0 Å². The lowest BCUT2D eigenvalue weighted by Crippen LogP contribution is -2.06. The number of hydrogen-bond acceptors (Lipinski definition) is 3.